The van der Waals surface area contributed by atoms with Gasteiger partial charge in [0.15, 0.2) is 0 Å². The van der Waals surface area contributed by atoms with Gasteiger partial charge in [-0.2, -0.15) is 5.10 Å². The Balaban J connectivity index is 2.62. The molecule has 0 spiro atoms. The molecule has 1 heterocycles. The van der Waals surface area contributed by atoms with Gasteiger partial charge in [0.1, 0.15) is 0 Å². The topological polar surface area (TPSA) is 17.8 Å². The molecule has 1 aromatic heterocycles. The average Bonchev–Trinajstić information content (AvgIpc) is 2.50. The number of nitrogens with zero attached hydrogens (tertiary/aromatic N) is 2. The van der Waals surface area contributed by atoms with Crippen molar-refractivity contribution < 1.29 is 0 Å². The third kappa shape index (κ3) is 1.80. The number of aryl methyl sites for hydroxylation is 4. The molecule has 1 aromatic carbocycles. The SMILES string of the molecule is Cc1ccc(C)c(-c2cc(C)nn2C)c1. The monoisotopic (exact) mass is 200 g/mol. The molecule has 2 aromatic rings. The van der Waals surface area contributed by atoms with Crippen LogP contribution in [0.1, 0.15) is 16.8 Å². The van der Waals surface area contributed by atoms with E-state index in [2.05, 4.69) is 43.2 Å². The Hall–Kier alpha value is -1.57. The van der Waals surface area contributed by atoms with Crippen LogP contribution in [0, 0.1) is 20.8 Å². The van der Waals surface area contributed by atoms with Crippen molar-refractivity contribution >= 4 is 0 Å². The minimum absolute atomic E-state index is 1.06. The van der Waals surface area contributed by atoms with Gasteiger partial charge >= 0.3 is 0 Å². The van der Waals surface area contributed by atoms with Gasteiger partial charge in [0.2, 0.25) is 0 Å². The summed E-state index contributed by atoms with van der Waals surface area (Å²) in [5.74, 6) is 0. The number of hydrogen-bond acceptors (Lipinski definition) is 1. The van der Waals surface area contributed by atoms with Crippen molar-refractivity contribution in [2.75, 3.05) is 0 Å². The Labute approximate surface area is 90.6 Å². The maximum Gasteiger partial charge on any atom is 0.0684 e. The van der Waals surface area contributed by atoms with Crippen LogP contribution in [0.5, 0.6) is 0 Å². The second-order valence-corrected chi connectivity index (χ2v) is 4.11. The molecule has 0 N–H and O–H groups in total. The highest BCUT2D eigenvalue weighted by Crippen LogP contribution is 2.24. The van der Waals surface area contributed by atoms with Gasteiger partial charge in [-0.3, -0.25) is 4.68 Å². The molecule has 0 aliphatic carbocycles. The summed E-state index contributed by atoms with van der Waals surface area (Å²) in [6.07, 6.45) is 0. The molecule has 78 valence electrons. The highest BCUT2D eigenvalue weighted by Gasteiger charge is 2.07. The first-order chi connectivity index (χ1) is 7.08. The molecule has 2 heteroatoms. The van der Waals surface area contributed by atoms with Crippen molar-refractivity contribution in [1.82, 2.24) is 9.78 Å². The molecule has 15 heavy (non-hydrogen) atoms. The van der Waals surface area contributed by atoms with Crippen LogP contribution >= 0.6 is 0 Å². The minimum atomic E-state index is 1.06. The minimum Gasteiger partial charge on any atom is -0.268 e. The van der Waals surface area contributed by atoms with E-state index in [1.54, 1.807) is 0 Å². The number of rotatable bonds is 1. The van der Waals surface area contributed by atoms with E-state index in [0.717, 1.165) is 5.69 Å². The summed E-state index contributed by atoms with van der Waals surface area (Å²) in [7, 11) is 1.99. The van der Waals surface area contributed by atoms with Crippen LogP contribution in [0.2, 0.25) is 0 Å². The first-order valence-corrected chi connectivity index (χ1v) is 5.16. The summed E-state index contributed by atoms with van der Waals surface area (Å²) in [5, 5.41) is 4.37. The third-order valence-corrected chi connectivity index (χ3v) is 2.67. The first kappa shape index (κ1) is 9.97. The first-order valence-electron chi connectivity index (χ1n) is 5.16. The van der Waals surface area contributed by atoms with Crippen molar-refractivity contribution in [1.29, 1.82) is 0 Å². The van der Waals surface area contributed by atoms with Gasteiger partial charge in [-0.25, -0.2) is 0 Å². The molecule has 0 aliphatic rings. The maximum absolute atomic E-state index is 4.37. The Morgan fingerprint density at radius 2 is 1.80 bits per heavy atom. The number of benzene rings is 1. The Kier molecular flexibility index (Phi) is 2.35. The fourth-order valence-corrected chi connectivity index (χ4v) is 1.87. The number of hydrogen-bond donors (Lipinski definition) is 0. The molecule has 0 saturated heterocycles. The van der Waals surface area contributed by atoms with E-state index in [1.807, 2.05) is 18.7 Å². The summed E-state index contributed by atoms with van der Waals surface area (Å²) < 4.78 is 1.94. The summed E-state index contributed by atoms with van der Waals surface area (Å²) in [5.41, 5.74) is 6.11. The van der Waals surface area contributed by atoms with Gasteiger partial charge in [0.25, 0.3) is 0 Å². The van der Waals surface area contributed by atoms with E-state index in [-0.39, 0.29) is 0 Å². The van der Waals surface area contributed by atoms with E-state index < -0.39 is 0 Å². The van der Waals surface area contributed by atoms with Crippen LogP contribution in [-0.2, 0) is 7.05 Å². The van der Waals surface area contributed by atoms with Crippen molar-refractivity contribution in [2.24, 2.45) is 7.05 Å². The molecule has 2 rings (SSSR count). The second kappa shape index (κ2) is 3.54. The average molecular weight is 200 g/mol. The summed E-state index contributed by atoms with van der Waals surface area (Å²) >= 11 is 0. The van der Waals surface area contributed by atoms with Gasteiger partial charge in [-0.05, 0) is 38.5 Å². The fraction of sp³-hybridized carbons (Fsp3) is 0.308. The second-order valence-electron chi connectivity index (χ2n) is 4.11. The number of aromatic nitrogens is 2. The smallest absolute Gasteiger partial charge is 0.0684 e. The summed E-state index contributed by atoms with van der Waals surface area (Å²) in [6.45, 7) is 6.28. The molecule has 0 radical (unpaired) electrons. The van der Waals surface area contributed by atoms with E-state index in [0.29, 0.717) is 0 Å². The van der Waals surface area contributed by atoms with Gasteiger partial charge in [0, 0.05) is 12.6 Å². The molecular formula is C13H16N2. The zero-order chi connectivity index (χ0) is 11.0. The van der Waals surface area contributed by atoms with Crippen molar-refractivity contribution in [3.05, 3.63) is 41.1 Å². The predicted molar refractivity (Wildman–Crippen MR) is 62.9 cm³/mol. The van der Waals surface area contributed by atoms with Gasteiger partial charge < -0.3 is 0 Å². The van der Waals surface area contributed by atoms with Crippen LogP contribution in [0.3, 0.4) is 0 Å². The molecule has 0 atom stereocenters. The standard InChI is InChI=1S/C13H16N2/c1-9-5-6-10(2)12(7-9)13-8-11(3)14-15(13)4/h5-8H,1-4H3. The Morgan fingerprint density at radius 1 is 1.07 bits per heavy atom. The van der Waals surface area contributed by atoms with Crippen LogP contribution in [0.15, 0.2) is 24.3 Å². The zero-order valence-corrected chi connectivity index (χ0v) is 9.70. The van der Waals surface area contributed by atoms with Crippen LogP contribution in [0.25, 0.3) is 11.3 Å². The van der Waals surface area contributed by atoms with E-state index >= 15 is 0 Å². The highest BCUT2D eigenvalue weighted by molar-refractivity contribution is 5.65. The zero-order valence-electron chi connectivity index (χ0n) is 9.70. The lowest BCUT2D eigenvalue weighted by molar-refractivity contribution is 0.763. The molecule has 0 saturated carbocycles. The van der Waals surface area contributed by atoms with Crippen LogP contribution in [0.4, 0.5) is 0 Å². The third-order valence-electron chi connectivity index (χ3n) is 2.67. The van der Waals surface area contributed by atoms with E-state index in [9.17, 15) is 0 Å². The lowest BCUT2D eigenvalue weighted by Gasteiger charge is -2.07. The van der Waals surface area contributed by atoms with Crippen molar-refractivity contribution in [3.63, 3.8) is 0 Å². The highest BCUT2D eigenvalue weighted by atomic mass is 15.3. The Morgan fingerprint density at radius 3 is 2.40 bits per heavy atom. The lowest BCUT2D eigenvalue weighted by Crippen LogP contribution is -1.95. The van der Waals surface area contributed by atoms with E-state index in [1.165, 1.54) is 22.4 Å². The molecule has 0 fully saturated rings. The molecular weight excluding hydrogens is 184 g/mol. The van der Waals surface area contributed by atoms with E-state index in [4.69, 9.17) is 0 Å². The predicted octanol–water partition coefficient (Wildman–Crippen LogP) is 3.01. The maximum atomic E-state index is 4.37. The Bertz CT molecular complexity index is 495. The summed E-state index contributed by atoms with van der Waals surface area (Å²) in [4.78, 5) is 0. The molecule has 0 unspecified atom stereocenters. The molecule has 2 nitrogen and oxygen atoms in total. The quantitative estimate of drug-likeness (QED) is 0.692. The van der Waals surface area contributed by atoms with Gasteiger partial charge in [-0.1, -0.05) is 17.7 Å². The van der Waals surface area contributed by atoms with Gasteiger partial charge in [0.05, 0.1) is 11.4 Å². The van der Waals surface area contributed by atoms with Gasteiger partial charge in [-0.15, -0.1) is 0 Å². The van der Waals surface area contributed by atoms with Crippen molar-refractivity contribution in [3.8, 4) is 11.3 Å². The lowest BCUT2D eigenvalue weighted by atomic mass is 10.0. The molecule has 0 amide bonds. The largest absolute Gasteiger partial charge is 0.268 e. The van der Waals surface area contributed by atoms with Crippen molar-refractivity contribution in [2.45, 2.75) is 20.8 Å². The molecule has 0 aliphatic heterocycles. The van der Waals surface area contributed by atoms with Crippen LogP contribution in [-0.4, -0.2) is 9.78 Å². The normalized spacial score (nSPS) is 10.7. The fourth-order valence-electron chi connectivity index (χ4n) is 1.87. The van der Waals surface area contributed by atoms with Crippen LogP contribution < -0.4 is 0 Å². The summed E-state index contributed by atoms with van der Waals surface area (Å²) in [6, 6.07) is 8.64. The molecule has 0 bridgehead atoms.